The van der Waals surface area contributed by atoms with Crippen molar-refractivity contribution in [3.63, 3.8) is 0 Å². The fourth-order valence-corrected chi connectivity index (χ4v) is 0. The van der Waals surface area contributed by atoms with Crippen LogP contribution in [-0.2, 0) is 3.74 Å². The molecule has 10 heteroatoms. The van der Waals surface area contributed by atoms with Crippen LogP contribution in [0.5, 0.6) is 0 Å². The van der Waals surface area contributed by atoms with Gasteiger partial charge in [-0.2, -0.15) is 0 Å². The zero-order chi connectivity index (χ0) is 4.50. The van der Waals surface area contributed by atoms with Crippen LogP contribution >= 0.6 is 62.0 Å². The fraction of sp³-hybridized carbons (Fsp3) is 0. The van der Waals surface area contributed by atoms with Crippen molar-refractivity contribution in [2.75, 3.05) is 0 Å². The van der Waals surface area contributed by atoms with E-state index in [1.54, 1.807) is 0 Å². The molecule has 0 aliphatic heterocycles. The van der Waals surface area contributed by atoms with E-state index in [4.69, 9.17) is 16.0 Å². The van der Waals surface area contributed by atoms with Crippen LogP contribution in [0.4, 0.5) is 0 Å². The molecule has 72 valence electrons. The summed E-state index contributed by atoms with van der Waals surface area (Å²) in [6.07, 6.45) is 0. The van der Waals surface area contributed by atoms with Crippen LogP contribution in [0.25, 0.3) is 0 Å². The van der Waals surface area contributed by atoms with Crippen LogP contribution in [0, 0.1) is 0 Å². The van der Waals surface area contributed by atoms with Gasteiger partial charge in [0.25, 0.3) is 0 Å². The van der Waals surface area contributed by atoms with Crippen molar-refractivity contribution in [3.8, 4) is 0 Å². The van der Waals surface area contributed by atoms with E-state index >= 15 is 0 Å². The van der Waals surface area contributed by atoms with E-state index in [9.17, 15) is 0 Å². The SMILES string of the molecule is Cl.Cl.Cl.Cl.Cl.O=[As](O)(O)O. The molecule has 0 fully saturated rings. The molecule has 0 saturated heterocycles. The molecule has 0 aromatic carbocycles. The Morgan fingerprint density at radius 3 is 0.700 bits per heavy atom. The molecule has 0 aliphatic rings. The zero-order valence-corrected chi connectivity index (χ0v) is 10.2. The molecular formula is H8AsCl5O4. The van der Waals surface area contributed by atoms with E-state index in [0.29, 0.717) is 0 Å². The quantitative estimate of drug-likeness (QED) is 0.546. The van der Waals surface area contributed by atoms with Gasteiger partial charge < -0.3 is 0 Å². The van der Waals surface area contributed by atoms with E-state index in [2.05, 4.69) is 0 Å². The molecule has 0 bridgehead atoms. The molecule has 4 nitrogen and oxygen atoms in total. The molecular weight excluding hydrogens is 316 g/mol. The molecule has 0 amide bonds. The fourth-order valence-electron chi connectivity index (χ4n) is 0. The maximum absolute atomic E-state index is 8.94. The summed E-state index contributed by atoms with van der Waals surface area (Å²) >= 11 is -5.12. The van der Waals surface area contributed by atoms with Gasteiger partial charge in [0.2, 0.25) is 0 Å². The van der Waals surface area contributed by atoms with Crippen LogP contribution in [0.1, 0.15) is 0 Å². The van der Waals surface area contributed by atoms with Gasteiger partial charge in [0.15, 0.2) is 0 Å². The van der Waals surface area contributed by atoms with Crippen molar-refractivity contribution in [1.82, 2.24) is 0 Å². The summed E-state index contributed by atoms with van der Waals surface area (Å²) in [5, 5.41) is 0. The van der Waals surface area contributed by atoms with E-state index in [0.717, 1.165) is 0 Å². The average Bonchev–Trinajstić information content (AvgIpc) is 0.722. The minimum atomic E-state index is -5.12. The molecule has 0 rings (SSSR count). The maximum atomic E-state index is 8.94. The molecule has 0 spiro atoms. The van der Waals surface area contributed by atoms with Gasteiger partial charge >= 0.3 is 30.5 Å². The first-order valence-electron chi connectivity index (χ1n) is 0.783. The van der Waals surface area contributed by atoms with Crippen molar-refractivity contribution in [2.45, 2.75) is 0 Å². The predicted molar refractivity (Wildman–Crippen MR) is 49.3 cm³/mol. The number of hydrogen-bond acceptors (Lipinski definition) is 1. The molecule has 0 unspecified atom stereocenters. The molecule has 0 aromatic rings. The second-order valence-electron chi connectivity index (χ2n) is 0.513. The first-order valence-corrected chi connectivity index (χ1v) is 4.07. The Morgan fingerprint density at radius 1 is 0.700 bits per heavy atom. The summed E-state index contributed by atoms with van der Waals surface area (Å²) in [5.41, 5.74) is 0. The number of rotatable bonds is 0. The van der Waals surface area contributed by atoms with Crippen molar-refractivity contribution >= 4 is 76.5 Å². The number of hydrogen-bond donors (Lipinski definition) is 3. The van der Waals surface area contributed by atoms with Crippen LogP contribution in [0.3, 0.4) is 0 Å². The van der Waals surface area contributed by atoms with Gasteiger partial charge in [0.05, 0.1) is 0 Å². The molecule has 0 heterocycles. The third-order valence-corrected chi connectivity index (χ3v) is 0. The van der Waals surface area contributed by atoms with Gasteiger partial charge in [0, 0.05) is 0 Å². The molecule has 0 saturated carbocycles. The summed E-state index contributed by atoms with van der Waals surface area (Å²) < 4.78 is 30.7. The summed E-state index contributed by atoms with van der Waals surface area (Å²) in [6.45, 7) is 0. The van der Waals surface area contributed by atoms with Gasteiger partial charge in [-0.1, -0.05) is 0 Å². The van der Waals surface area contributed by atoms with Gasteiger partial charge in [-0.25, -0.2) is 0 Å². The molecule has 3 N–H and O–H groups in total. The molecule has 0 radical (unpaired) electrons. The second kappa shape index (κ2) is 17.0. The van der Waals surface area contributed by atoms with Crippen LogP contribution in [-0.4, -0.2) is 26.8 Å². The Kier molecular flexibility index (Phi) is 70.0. The van der Waals surface area contributed by atoms with Gasteiger partial charge in [0.1, 0.15) is 0 Å². The topological polar surface area (TPSA) is 77.8 Å². The monoisotopic (exact) mass is 322 g/mol. The zero-order valence-electron chi connectivity index (χ0n) is 4.24. The van der Waals surface area contributed by atoms with E-state index in [1.807, 2.05) is 0 Å². The third-order valence-electron chi connectivity index (χ3n) is 0. The molecule has 0 aromatic heterocycles. The Hall–Kier alpha value is 1.69. The molecule has 10 heavy (non-hydrogen) atoms. The Balaban J connectivity index is -0.00000000800. The Morgan fingerprint density at radius 2 is 0.700 bits per heavy atom. The van der Waals surface area contributed by atoms with E-state index in [-0.39, 0.29) is 62.0 Å². The molecule has 0 atom stereocenters. The van der Waals surface area contributed by atoms with Gasteiger partial charge in [-0.15, -0.1) is 62.0 Å². The van der Waals surface area contributed by atoms with Crippen LogP contribution in [0.2, 0.25) is 0 Å². The predicted octanol–water partition coefficient (Wildman–Crippen LogP) is -0.0616. The number of halogens is 5. The van der Waals surface area contributed by atoms with Crippen LogP contribution < -0.4 is 0 Å². The summed E-state index contributed by atoms with van der Waals surface area (Å²) in [5.74, 6) is 0. The second-order valence-corrected chi connectivity index (χ2v) is 2.67. The average molecular weight is 324 g/mol. The first kappa shape index (κ1) is 41.3. The standard InChI is InChI=1S/AsH3O4.5ClH/c2-1(3,4)5;;;;;/h(H3,2,3,4,5);5*1H. The first-order chi connectivity index (χ1) is 2.00. The van der Waals surface area contributed by atoms with Crippen molar-refractivity contribution < 1.29 is 16.0 Å². The van der Waals surface area contributed by atoms with E-state index < -0.39 is 14.5 Å². The molecule has 0 aliphatic carbocycles. The normalized spacial score (nSPS) is 5.90. The van der Waals surface area contributed by atoms with Crippen molar-refractivity contribution in [3.05, 3.63) is 0 Å². The van der Waals surface area contributed by atoms with Gasteiger partial charge in [-0.3, -0.25) is 0 Å². The van der Waals surface area contributed by atoms with Gasteiger partial charge in [-0.05, 0) is 0 Å². The van der Waals surface area contributed by atoms with Crippen LogP contribution in [0.15, 0.2) is 0 Å². The summed E-state index contributed by atoms with van der Waals surface area (Å²) in [7, 11) is 0. The third kappa shape index (κ3) is 257. The minimum absolute atomic E-state index is 0. The Bertz CT molecular complexity index is 59.8. The summed E-state index contributed by atoms with van der Waals surface area (Å²) in [4.78, 5) is 0. The van der Waals surface area contributed by atoms with Crippen molar-refractivity contribution in [1.29, 1.82) is 0 Å². The van der Waals surface area contributed by atoms with Crippen molar-refractivity contribution in [2.24, 2.45) is 0 Å². The summed E-state index contributed by atoms with van der Waals surface area (Å²) in [6, 6.07) is 0. The Labute approximate surface area is 92.2 Å². The van der Waals surface area contributed by atoms with E-state index in [1.165, 1.54) is 0 Å².